The monoisotopic (exact) mass is 452 g/mol. The van der Waals surface area contributed by atoms with Gasteiger partial charge in [-0.1, -0.05) is 30.3 Å². The summed E-state index contributed by atoms with van der Waals surface area (Å²) in [5.74, 6) is 0.772. The van der Waals surface area contributed by atoms with Crippen LogP contribution < -0.4 is 10.2 Å². The first-order valence-corrected chi connectivity index (χ1v) is 11.7. The Hall–Kier alpha value is -3.20. The number of urea groups is 1. The summed E-state index contributed by atoms with van der Waals surface area (Å²) < 4.78 is 5.67. The minimum Gasteiger partial charge on any atom is -0.376 e. The maximum absolute atomic E-state index is 13.0. The highest BCUT2D eigenvalue weighted by Gasteiger charge is 2.28. The van der Waals surface area contributed by atoms with E-state index in [1.807, 2.05) is 54.3 Å². The Morgan fingerprint density at radius 2 is 1.88 bits per heavy atom. The summed E-state index contributed by atoms with van der Waals surface area (Å²) in [6, 6.07) is 13.7. The van der Waals surface area contributed by atoms with Crippen molar-refractivity contribution in [3.05, 3.63) is 42.5 Å². The second kappa shape index (κ2) is 11.1. The van der Waals surface area contributed by atoms with Crippen molar-refractivity contribution in [3.8, 4) is 11.3 Å². The van der Waals surface area contributed by atoms with E-state index in [-0.39, 0.29) is 24.6 Å². The van der Waals surface area contributed by atoms with Crippen LogP contribution in [0.1, 0.15) is 19.8 Å². The van der Waals surface area contributed by atoms with Crippen LogP contribution in [0.25, 0.3) is 11.3 Å². The highest BCUT2D eigenvalue weighted by atomic mass is 16.5. The van der Waals surface area contributed by atoms with Crippen molar-refractivity contribution in [3.63, 3.8) is 0 Å². The molecule has 2 aromatic rings. The predicted molar refractivity (Wildman–Crippen MR) is 126 cm³/mol. The lowest BCUT2D eigenvalue weighted by molar-refractivity contribution is -0.132. The van der Waals surface area contributed by atoms with Gasteiger partial charge < -0.3 is 24.8 Å². The molecule has 0 spiro atoms. The van der Waals surface area contributed by atoms with Crippen molar-refractivity contribution in [2.75, 3.05) is 57.3 Å². The minimum atomic E-state index is -0.214. The van der Waals surface area contributed by atoms with Crippen LogP contribution in [0, 0.1) is 0 Å². The van der Waals surface area contributed by atoms with E-state index in [1.54, 1.807) is 4.90 Å². The van der Waals surface area contributed by atoms with Crippen molar-refractivity contribution in [2.24, 2.45) is 0 Å². The molecule has 0 unspecified atom stereocenters. The average molecular weight is 453 g/mol. The number of carbonyl (C=O) groups is 2. The molecule has 1 atom stereocenters. The van der Waals surface area contributed by atoms with Crippen LogP contribution in [-0.4, -0.2) is 90.5 Å². The SMILES string of the molecule is CCNC(=O)N(CC(=O)N1CCN(c2ccc(-c3ccccc3)nn2)CC1)C[C@H]1CCCO1. The molecule has 176 valence electrons. The van der Waals surface area contributed by atoms with Gasteiger partial charge in [-0.05, 0) is 31.9 Å². The van der Waals surface area contributed by atoms with E-state index in [0.717, 1.165) is 36.5 Å². The second-order valence-corrected chi connectivity index (χ2v) is 8.36. The van der Waals surface area contributed by atoms with Gasteiger partial charge in [-0.2, -0.15) is 0 Å². The molecule has 9 nitrogen and oxygen atoms in total. The van der Waals surface area contributed by atoms with Gasteiger partial charge in [0.25, 0.3) is 0 Å². The molecule has 9 heteroatoms. The van der Waals surface area contributed by atoms with Gasteiger partial charge in [0.15, 0.2) is 5.82 Å². The van der Waals surface area contributed by atoms with Crippen LogP contribution in [0.15, 0.2) is 42.5 Å². The Labute approximate surface area is 194 Å². The van der Waals surface area contributed by atoms with Gasteiger partial charge in [0, 0.05) is 51.4 Å². The lowest BCUT2D eigenvalue weighted by Crippen LogP contribution is -2.54. The summed E-state index contributed by atoms with van der Waals surface area (Å²) in [4.78, 5) is 31.0. The fourth-order valence-corrected chi connectivity index (χ4v) is 4.22. The van der Waals surface area contributed by atoms with Crippen molar-refractivity contribution in [1.29, 1.82) is 0 Å². The molecule has 1 N–H and O–H groups in total. The number of anilines is 1. The first kappa shape index (κ1) is 23.0. The summed E-state index contributed by atoms with van der Waals surface area (Å²) in [5.41, 5.74) is 1.87. The second-order valence-electron chi connectivity index (χ2n) is 8.36. The highest BCUT2D eigenvalue weighted by Crippen LogP contribution is 2.19. The molecule has 0 saturated carbocycles. The molecule has 0 radical (unpaired) electrons. The summed E-state index contributed by atoms with van der Waals surface area (Å²) in [5, 5.41) is 11.6. The summed E-state index contributed by atoms with van der Waals surface area (Å²) in [6.45, 7) is 6.16. The Morgan fingerprint density at radius 1 is 1.09 bits per heavy atom. The van der Waals surface area contributed by atoms with Gasteiger partial charge in [-0.15, -0.1) is 10.2 Å². The van der Waals surface area contributed by atoms with E-state index in [1.165, 1.54) is 0 Å². The third kappa shape index (κ3) is 5.98. The maximum Gasteiger partial charge on any atom is 0.317 e. The molecule has 3 amide bonds. The highest BCUT2D eigenvalue weighted by molar-refractivity contribution is 5.84. The molecule has 2 aliphatic rings. The number of aromatic nitrogens is 2. The quantitative estimate of drug-likeness (QED) is 0.691. The van der Waals surface area contributed by atoms with Crippen LogP contribution in [0.3, 0.4) is 0 Å². The number of hydrogen-bond donors (Lipinski definition) is 1. The van der Waals surface area contributed by atoms with Crippen molar-refractivity contribution >= 4 is 17.8 Å². The molecule has 33 heavy (non-hydrogen) atoms. The van der Waals surface area contributed by atoms with Gasteiger partial charge in [0.05, 0.1) is 11.8 Å². The third-order valence-electron chi connectivity index (χ3n) is 6.07. The van der Waals surface area contributed by atoms with Crippen LogP contribution in [0.2, 0.25) is 0 Å². The molecule has 4 rings (SSSR count). The van der Waals surface area contributed by atoms with Crippen molar-refractivity contribution in [1.82, 2.24) is 25.3 Å². The molecule has 2 saturated heterocycles. The molecule has 0 aliphatic carbocycles. The largest absolute Gasteiger partial charge is 0.376 e. The number of amides is 3. The fourth-order valence-electron chi connectivity index (χ4n) is 4.22. The maximum atomic E-state index is 13.0. The summed E-state index contributed by atoms with van der Waals surface area (Å²) >= 11 is 0. The molecule has 2 aliphatic heterocycles. The number of nitrogens with one attached hydrogen (secondary N) is 1. The number of carbonyl (C=O) groups excluding carboxylic acids is 2. The summed E-state index contributed by atoms with van der Waals surface area (Å²) in [6.07, 6.45) is 1.93. The number of piperazine rings is 1. The lowest BCUT2D eigenvalue weighted by atomic mass is 10.1. The number of hydrogen-bond acceptors (Lipinski definition) is 6. The first-order chi connectivity index (χ1) is 16.1. The zero-order chi connectivity index (χ0) is 23.0. The van der Waals surface area contributed by atoms with Gasteiger partial charge in [0.2, 0.25) is 5.91 Å². The molecular formula is C24H32N6O3. The average Bonchev–Trinajstić information content (AvgIpc) is 3.38. The number of rotatable bonds is 7. The van der Waals surface area contributed by atoms with E-state index >= 15 is 0 Å². The predicted octanol–water partition coefficient (Wildman–Crippen LogP) is 2.00. The summed E-state index contributed by atoms with van der Waals surface area (Å²) in [7, 11) is 0. The van der Waals surface area contributed by atoms with Crippen LogP contribution >= 0.6 is 0 Å². The van der Waals surface area contributed by atoms with Crippen LogP contribution in [0.5, 0.6) is 0 Å². The Morgan fingerprint density at radius 3 is 2.52 bits per heavy atom. The van der Waals surface area contributed by atoms with Crippen molar-refractivity contribution in [2.45, 2.75) is 25.9 Å². The Kier molecular flexibility index (Phi) is 7.72. The van der Waals surface area contributed by atoms with Gasteiger partial charge in [-0.3, -0.25) is 4.79 Å². The number of benzene rings is 1. The number of ether oxygens (including phenoxy) is 1. The van der Waals surface area contributed by atoms with E-state index in [0.29, 0.717) is 39.3 Å². The molecule has 3 heterocycles. The minimum absolute atomic E-state index is 0.00897. The smallest absolute Gasteiger partial charge is 0.317 e. The number of nitrogens with zero attached hydrogens (tertiary/aromatic N) is 5. The zero-order valence-electron chi connectivity index (χ0n) is 19.2. The lowest BCUT2D eigenvalue weighted by Gasteiger charge is -2.36. The van der Waals surface area contributed by atoms with E-state index in [4.69, 9.17) is 4.74 Å². The Bertz CT molecular complexity index is 910. The van der Waals surface area contributed by atoms with E-state index in [2.05, 4.69) is 20.4 Å². The molecule has 1 aromatic carbocycles. The van der Waals surface area contributed by atoms with Gasteiger partial charge in [0.1, 0.15) is 6.54 Å². The van der Waals surface area contributed by atoms with Gasteiger partial charge in [-0.25, -0.2) is 4.79 Å². The van der Waals surface area contributed by atoms with Crippen LogP contribution in [-0.2, 0) is 9.53 Å². The van der Waals surface area contributed by atoms with E-state index < -0.39 is 0 Å². The van der Waals surface area contributed by atoms with Crippen LogP contribution in [0.4, 0.5) is 10.6 Å². The Balaban J connectivity index is 1.30. The molecule has 2 fully saturated rings. The molecular weight excluding hydrogens is 420 g/mol. The third-order valence-corrected chi connectivity index (χ3v) is 6.07. The standard InChI is InChI=1S/C24H32N6O3/c1-2-25-24(32)30(17-20-9-6-16-33-20)18-23(31)29-14-12-28(13-15-29)22-11-10-21(26-27-22)19-7-4-3-5-8-19/h3-5,7-8,10-11,20H,2,6,9,12-18H2,1H3,(H,25,32)/t20-/m1/s1. The normalized spacial score (nSPS) is 18.3. The van der Waals surface area contributed by atoms with Crippen molar-refractivity contribution < 1.29 is 14.3 Å². The zero-order valence-corrected chi connectivity index (χ0v) is 19.2. The molecule has 1 aromatic heterocycles. The topological polar surface area (TPSA) is 90.9 Å². The van der Waals surface area contributed by atoms with E-state index in [9.17, 15) is 9.59 Å². The van der Waals surface area contributed by atoms with Gasteiger partial charge >= 0.3 is 6.03 Å². The first-order valence-electron chi connectivity index (χ1n) is 11.7. The fraction of sp³-hybridized carbons (Fsp3) is 0.500. The molecule has 0 bridgehead atoms.